The molecule has 0 saturated carbocycles. The van der Waals surface area contributed by atoms with Gasteiger partial charge in [0.1, 0.15) is 0 Å². The van der Waals surface area contributed by atoms with Crippen LogP contribution in [0.1, 0.15) is 6.92 Å². The highest BCUT2D eigenvalue weighted by molar-refractivity contribution is 6.41. The Morgan fingerprint density at radius 3 is 1.48 bits per heavy atom. The van der Waals surface area contributed by atoms with Crippen LogP contribution in [-0.2, 0) is 14.4 Å². The van der Waals surface area contributed by atoms with Crippen LogP contribution in [0.2, 0.25) is 5.02 Å². The number of Topliss-reactive ketones (excluding diaryl/α,β-unsaturated/α-hetero) is 2. The molecule has 1 amide bonds. The van der Waals surface area contributed by atoms with E-state index in [1.54, 1.807) is 24.3 Å². The average molecular weight is 364 g/mol. The number of carbonyl (C=O) groups is 3. The number of halogens is 7. The van der Waals surface area contributed by atoms with E-state index < -0.39 is 23.9 Å². The van der Waals surface area contributed by atoms with E-state index in [0.29, 0.717) is 5.02 Å². The topological polar surface area (TPSA) is 63.2 Å². The zero-order valence-corrected chi connectivity index (χ0v) is 11.9. The second-order valence-electron chi connectivity index (χ2n) is 3.84. The van der Waals surface area contributed by atoms with Crippen LogP contribution in [0.15, 0.2) is 24.3 Å². The molecule has 1 N–H and O–H groups in total. The molecule has 0 spiro atoms. The normalized spacial score (nSPS) is 11.1. The first-order chi connectivity index (χ1) is 10.2. The Hall–Kier alpha value is -2.10. The van der Waals surface area contributed by atoms with Crippen molar-refractivity contribution in [3.63, 3.8) is 0 Å². The number of anilines is 1. The molecule has 0 unspecified atom stereocenters. The Bertz CT molecular complexity index is 556. The molecule has 0 aliphatic carbocycles. The second-order valence-corrected chi connectivity index (χ2v) is 4.28. The molecule has 128 valence electrons. The first-order valence-electron chi connectivity index (χ1n) is 5.51. The van der Waals surface area contributed by atoms with Gasteiger partial charge in [0.15, 0.2) is 0 Å². The number of rotatable bonds is 2. The van der Waals surface area contributed by atoms with E-state index in [0.717, 1.165) is 5.69 Å². The Balaban J connectivity index is 0.000000422. The Labute approximate surface area is 130 Å². The summed E-state index contributed by atoms with van der Waals surface area (Å²) >= 11 is 5.64. The number of nitrogens with one attached hydrogen (secondary N) is 1. The van der Waals surface area contributed by atoms with E-state index in [9.17, 15) is 40.7 Å². The molecule has 0 fully saturated rings. The lowest BCUT2D eigenvalue weighted by atomic mass is 10.2. The number of amides is 1. The lowest BCUT2D eigenvalue weighted by molar-refractivity contribution is -0.193. The van der Waals surface area contributed by atoms with Gasteiger partial charge in [-0.3, -0.25) is 14.4 Å². The van der Waals surface area contributed by atoms with Crippen LogP contribution in [0.3, 0.4) is 0 Å². The molecule has 0 aromatic heterocycles. The third kappa shape index (κ3) is 8.19. The van der Waals surface area contributed by atoms with E-state index in [2.05, 4.69) is 5.32 Å². The van der Waals surface area contributed by atoms with Crippen LogP contribution < -0.4 is 5.32 Å². The largest absolute Gasteiger partial charge is 0.458 e. The molecular formula is C12H8ClF6NO3. The number of hydrogen-bond acceptors (Lipinski definition) is 3. The van der Waals surface area contributed by atoms with Crippen molar-refractivity contribution in [2.75, 3.05) is 5.32 Å². The van der Waals surface area contributed by atoms with E-state index in [4.69, 9.17) is 11.6 Å². The summed E-state index contributed by atoms with van der Waals surface area (Å²) in [7, 11) is 0. The molecule has 11 heteroatoms. The zero-order chi connectivity index (χ0) is 18.4. The van der Waals surface area contributed by atoms with Crippen LogP contribution in [0.5, 0.6) is 0 Å². The van der Waals surface area contributed by atoms with Gasteiger partial charge in [-0.1, -0.05) is 11.6 Å². The fourth-order valence-electron chi connectivity index (χ4n) is 0.994. The summed E-state index contributed by atoms with van der Waals surface area (Å²) in [4.78, 5) is 29.8. The van der Waals surface area contributed by atoms with E-state index in [1.165, 1.54) is 6.92 Å². The zero-order valence-electron chi connectivity index (χ0n) is 11.2. The van der Waals surface area contributed by atoms with Gasteiger partial charge in [-0.15, -0.1) is 0 Å². The average Bonchev–Trinajstić information content (AvgIpc) is 2.38. The van der Waals surface area contributed by atoms with E-state index in [1.807, 2.05) is 0 Å². The second kappa shape index (κ2) is 7.95. The predicted octanol–water partition coefficient (Wildman–Crippen LogP) is 3.55. The van der Waals surface area contributed by atoms with Crippen molar-refractivity contribution in [3.8, 4) is 0 Å². The lowest BCUT2D eigenvalue weighted by Crippen LogP contribution is -2.39. The first-order valence-corrected chi connectivity index (χ1v) is 5.88. The molecule has 0 atom stereocenters. The van der Waals surface area contributed by atoms with Gasteiger partial charge in [0.25, 0.3) is 0 Å². The molecule has 1 rings (SSSR count). The van der Waals surface area contributed by atoms with Gasteiger partial charge in [0.05, 0.1) is 0 Å². The number of ketones is 2. The summed E-state index contributed by atoms with van der Waals surface area (Å²) in [6.45, 7) is 1.47. The van der Waals surface area contributed by atoms with E-state index in [-0.39, 0.29) is 5.91 Å². The van der Waals surface area contributed by atoms with Crippen molar-refractivity contribution < 1.29 is 40.7 Å². The van der Waals surface area contributed by atoms with Gasteiger partial charge in [0, 0.05) is 17.6 Å². The molecule has 0 bridgehead atoms. The summed E-state index contributed by atoms with van der Waals surface area (Å²) < 4.78 is 67.0. The number of alkyl halides is 6. The summed E-state index contributed by atoms with van der Waals surface area (Å²) in [5, 5.41) is 3.30. The molecule has 4 nitrogen and oxygen atoms in total. The Kier molecular flexibility index (Phi) is 7.23. The number of benzene rings is 1. The van der Waals surface area contributed by atoms with Crippen LogP contribution in [0.4, 0.5) is 32.0 Å². The molecule has 0 saturated heterocycles. The minimum Gasteiger partial charge on any atom is -0.326 e. The van der Waals surface area contributed by atoms with Crippen molar-refractivity contribution in [2.45, 2.75) is 19.3 Å². The van der Waals surface area contributed by atoms with Crippen molar-refractivity contribution in [1.82, 2.24) is 0 Å². The van der Waals surface area contributed by atoms with Crippen LogP contribution in [-0.4, -0.2) is 29.8 Å². The standard InChI is InChI=1S/C8H8ClNO.C4F6O2/c1-6(11)10-8-4-2-7(9)3-5-8;5-3(6,7)1(11)2(12)4(8,9)10/h2-5H,1H3,(H,10,11);. The van der Waals surface area contributed by atoms with Crippen molar-refractivity contribution in [1.29, 1.82) is 0 Å². The third-order valence-corrected chi connectivity index (χ3v) is 2.14. The minimum absolute atomic E-state index is 0.0766. The van der Waals surface area contributed by atoms with Gasteiger partial charge in [0.2, 0.25) is 5.91 Å². The monoisotopic (exact) mass is 363 g/mol. The van der Waals surface area contributed by atoms with Gasteiger partial charge in [-0.2, -0.15) is 26.3 Å². The molecular weight excluding hydrogens is 356 g/mol. The maximum atomic E-state index is 11.2. The fraction of sp³-hybridized carbons (Fsp3) is 0.250. The molecule has 23 heavy (non-hydrogen) atoms. The highest BCUT2D eigenvalue weighted by atomic mass is 35.5. The molecule has 1 aromatic carbocycles. The summed E-state index contributed by atoms with van der Waals surface area (Å²) in [5.74, 6) is -6.89. The number of hydrogen-bond donors (Lipinski definition) is 1. The fourth-order valence-corrected chi connectivity index (χ4v) is 1.12. The van der Waals surface area contributed by atoms with E-state index >= 15 is 0 Å². The molecule has 0 heterocycles. The Morgan fingerprint density at radius 1 is 0.870 bits per heavy atom. The van der Waals surface area contributed by atoms with Crippen LogP contribution >= 0.6 is 11.6 Å². The number of carbonyl (C=O) groups excluding carboxylic acids is 3. The lowest BCUT2D eigenvalue weighted by Gasteiger charge is -2.05. The summed E-state index contributed by atoms with van der Waals surface area (Å²) in [6.07, 6.45) is -11.5. The van der Waals surface area contributed by atoms with Crippen molar-refractivity contribution >= 4 is 34.8 Å². The third-order valence-electron chi connectivity index (χ3n) is 1.89. The Morgan fingerprint density at radius 2 is 1.22 bits per heavy atom. The molecule has 0 aliphatic rings. The quantitative estimate of drug-likeness (QED) is 0.645. The molecule has 1 aromatic rings. The van der Waals surface area contributed by atoms with Crippen LogP contribution in [0.25, 0.3) is 0 Å². The molecule has 0 radical (unpaired) electrons. The summed E-state index contributed by atoms with van der Waals surface area (Å²) in [6, 6.07) is 6.97. The minimum atomic E-state index is -5.77. The van der Waals surface area contributed by atoms with Crippen molar-refractivity contribution in [3.05, 3.63) is 29.3 Å². The van der Waals surface area contributed by atoms with Gasteiger partial charge in [-0.05, 0) is 24.3 Å². The first kappa shape index (κ1) is 20.9. The molecule has 0 aliphatic heterocycles. The van der Waals surface area contributed by atoms with Gasteiger partial charge in [-0.25, -0.2) is 0 Å². The van der Waals surface area contributed by atoms with Gasteiger partial charge >= 0.3 is 23.9 Å². The highest BCUT2D eigenvalue weighted by Gasteiger charge is 2.54. The smallest absolute Gasteiger partial charge is 0.326 e. The highest BCUT2D eigenvalue weighted by Crippen LogP contribution is 2.24. The van der Waals surface area contributed by atoms with Crippen molar-refractivity contribution in [2.24, 2.45) is 0 Å². The predicted molar refractivity (Wildman–Crippen MR) is 67.9 cm³/mol. The van der Waals surface area contributed by atoms with Crippen LogP contribution in [0, 0.1) is 0 Å². The maximum Gasteiger partial charge on any atom is 0.458 e. The van der Waals surface area contributed by atoms with Gasteiger partial charge < -0.3 is 5.32 Å². The summed E-state index contributed by atoms with van der Waals surface area (Å²) in [5.41, 5.74) is 0.766. The maximum absolute atomic E-state index is 11.2. The SMILES string of the molecule is CC(=O)Nc1ccc(Cl)cc1.O=C(C(=O)C(F)(F)F)C(F)(F)F.